The van der Waals surface area contributed by atoms with Gasteiger partial charge in [0.2, 0.25) is 0 Å². The lowest BCUT2D eigenvalue weighted by molar-refractivity contribution is -0.137. The molecule has 0 fully saturated rings. The molecular formula is C23H20ClF3N2O4S. The van der Waals surface area contributed by atoms with E-state index in [1.807, 2.05) is 32.0 Å². The number of amides is 1. The van der Waals surface area contributed by atoms with Crippen molar-refractivity contribution in [2.45, 2.75) is 24.9 Å². The van der Waals surface area contributed by atoms with Crippen LogP contribution in [0.4, 0.5) is 24.5 Å². The summed E-state index contributed by atoms with van der Waals surface area (Å²) in [5.74, 6) is -0.372. The molecule has 0 aliphatic rings. The summed E-state index contributed by atoms with van der Waals surface area (Å²) in [6.07, 6.45) is -4.62. The molecule has 0 aromatic heterocycles. The van der Waals surface area contributed by atoms with Crippen LogP contribution in [0.3, 0.4) is 0 Å². The number of benzene rings is 3. The minimum absolute atomic E-state index is 0.0656. The average Bonchev–Trinajstić information content (AvgIpc) is 2.74. The van der Waals surface area contributed by atoms with Crippen LogP contribution in [0.15, 0.2) is 65.6 Å². The number of halogens is 4. The van der Waals surface area contributed by atoms with Crippen LogP contribution in [-0.2, 0) is 21.0 Å². The second-order valence-corrected chi connectivity index (χ2v) is 9.52. The Labute approximate surface area is 199 Å². The first-order valence-electron chi connectivity index (χ1n) is 9.85. The third-order valence-electron chi connectivity index (χ3n) is 4.68. The zero-order valence-corrected chi connectivity index (χ0v) is 19.6. The van der Waals surface area contributed by atoms with Gasteiger partial charge < -0.3 is 10.1 Å². The SMILES string of the molecule is Cc1ccc(C)c(NC(=O)COc2ccc(S(=O)(=O)Nc3cccc(C(F)(F)F)c3)cc2Cl)c1. The molecule has 0 spiro atoms. The van der Waals surface area contributed by atoms with Crippen molar-refractivity contribution >= 4 is 38.9 Å². The van der Waals surface area contributed by atoms with Gasteiger partial charge in [0.25, 0.3) is 15.9 Å². The number of rotatable bonds is 7. The van der Waals surface area contributed by atoms with Gasteiger partial charge in [0, 0.05) is 11.4 Å². The van der Waals surface area contributed by atoms with Gasteiger partial charge in [-0.25, -0.2) is 8.42 Å². The van der Waals surface area contributed by atoms with E-state index in [9.17, 15) is 26.4 Å². The second-order valence-electron chi connectivity index (χ2n) is 7.43. The van der Waals surface area contributed by atoms with E-state index in [4.69, 9.17) is 16.3 Å². The predicted octanol–water partition coefficient (Wildman–Crippen LogP) is 5.79. The second kappa shape index (κ2) is 9.94. The van der Waals surface area contributed by atoms with Gasteiger partial charge in [-0.05, 0) is 67.4 Å². The number of anilines is 2. The molecule has 3 aromatic rings. The molecule has 0 bridgehead atoms. The third kappa shape index (κ3) is 6.42. The number of ether oxygens (including phenoxy) is 1. The normalized spacial score (nSPS) is 11.7. The molecule has 0 radical (unpaired) electrons. The Morgan fingerprint density at radius 3 is 2.44 bits per heavy atom. The number of aryl methyl sites for hydroxylation is 2. The molecule has 180 valence electrons. The fourth-order valence-corrected chi connectivity index (χ4v) is 4.31. The summed E-state index contributed by atoms with van der Waals surface area (Å²) in [4.78, 5) is 11.9. The standard InChI is InChI=1S/C23H20ClF3N2O4S/c1-14-6-7-15(2)20(10-14)28-22(30)13-33-21-9-8-18(12-19(21)24)34(31,32)29-17-5-3-4-16(11-17)23(25,26)27/h3-12,29H,13H2,1-2H3,(H,28,30). The van der Waals surface area contributed by atoms with Crippen molar-refractivity contribution in [3.63, 3.8) is 0 Å². The van der Waals surface area contributed by atoms with Crippen LogP contribution in [0, 0.1) is 13.8 Å². The Balaban J connectivity index is 1.68. The maximum atomic E-state index is 12.9. The molecule has 0 unspecified atom stereocenters. The highest BCUT2D eigenvalue weighted by Crippen LogP contribution is 2.32. The molecule has 0 aliphatic heterocycles. The lowest BCUT2D eigenvalue weighted by atomic mass is 10.1. The van der Waals surface area contributed by atoms with E-state index < -0.39 is 27.7 Å². The Morgan fingerprint density at radius 2 is 1.76 bits per heavy atom. The first-order chi connectivity index (χ1) is 15.8. The summed E-state index contributed by atoms with van der Waals surface area (Å²) in [6.45, 7) is 3.36. The van der Waals surface area contributed by atoms with Crippen LogP contribution in [0.2, 0.25) is 5.02 Å². The number of hydrogen-bond acceptors (Lipinski definition) is 4. The van der Waals surface area contributed by atoms with Crippen LogP contribution in [0.25, 0.3) is 0 Å². The molecule has 0 heterocycles. The van der Waals surface area contributed by atoms with Gasteiger partial charge >= 0.3 is 6.18 Å². The van der Waals surface area contributed by atoms with Crippen LogP contribution in [-0.4, -0.2) is 20.9 Å². The van der Waals surface area contributed by atoms with Gasteiger partial charge in [-0.1, -0.05) is 29.8 Å². The van der Waals surface area contributed by atoms with Crippen molar-refractivity contribution in [3.05, 3.63) is 82.4 Å². The molecule has 3 rings (SSSR count). The Hall–Kier alpha value is -3.24. The van der Waals surface area contributed by atoms with Crippen LogP contribution in [0.1, 0.15) is 16.7 Å². The molecule has 0 atom stereocenters. The fraction of sp³-hybridized carbons (Fsp3) is 0.174. The lowest BCUT2D eigenvalue weighted by Gasteiger charge is -2.13. The summed E-state index contributed by atoms with van der Waals surface area (Å²) in [7, 11) is -4.23. The zero-order chi connectivity index (χ0) is 25.1. The van der Waals surface area contributed by atoms with Crippen molar-refractivity contribution in [1.82, 2.24) is 0 Å². The summed E-state index contributed by atoms with van der Waals surface area (Å²) >= 11 is 6.12. The van der Waals surface area contributed by atoms with E-state index in [1.54, 1.807) is 0 Å². The first kappa shape index (κ1) is 25.4. The Morgan fingerprint density at radius 1 is 1.03 bits per heavy atom. The largest absolute Gasteiger partial charge is 0.482 e. The molecule has 11 heteroatoms. The van der Waals surface area contributed by atoms with Crippen LogP contribution < -0.4 is 14.8 Å². The topological polar surface area (TPSA) is 84.5 Å². The number of sulfonamides is 1. The van der Waals surface area contributed by atoms with E-state index in [-0.39, 0.29) is 28.0 Å². The average molecular weight is 513 g/mol. The van der Waals surface area contributed by atoms with Crippen molar-refractivity contribution in [3.8, 4) is 5.75 Å². The summed E-state index contributed by atoms with van der Waals surface area (Å²) < 4.78 is 71.3. The quantitative estimate of drug-likeness (QED) is 0.419. The van der Waals surface area contributed by atoms with Gasteiger partial charge in [0.1, 0.15) is 5.75 Å². The highest BCUT2D eigenvalue weighted by Gasteiger charge is 2.30. The fourth-order valence-electron chi connectivity index (χ4n) is 2.94. The Bertz CT molecular complexity index is 1330. The van der Waals surface area contributed by atoms with Gasteiger partial charge in [-0.15, -0.1) is 0 Å². The molecule has 3 aromatic carbocycles. The number of carbonyl (C=O) groups is 1. The van der Waals surface area contributed by atoms with Crippen molar-refractivity contribution in [2.24, 2.45) is 0 Å². The van der Waals surface area contributed by atoms with E-state index >= 15 is 0 Å². The zero-order valence-electron chi connectivity index (χ0n) is 18.0. The van der Waals surface area contributed by atoms with Crippen molar-refractivity contribution < 1.29 is 31.1 Å². The lowest BCUT2D eigenvalue weighted by Crippen LogP contribution is -2.21. The highest BCUT2D eigenvalue weighted by molar-refractivity contribution is 7.92. The first-order valence-corrected chi connectivity index (χ1v) is 11.7. The Kier molecular flexibility index (Phi) is 7.42. The molecule has 6 nitrogen and oxygen atoms in total. The van der Waals surface area contributed by atoms with Gasteiger partial charge in [-0.2, -0.15) is 13.2 Å². The van der Waals surface area contributed by atoms with Crippen LogP contribution >= 0.6 is 11.6 Å². The van der Waals surface area contributed by atoms with E-state index in [0.717, 1.165) is 29.3 Å². The van der Waals surface area contributed by atoms with E-state index in [2.05, 4.69) is 10.0 Å². The maximum absolute atomic E-state index is 12.9. The molecule has 1 amide bonds. The number of hydrogen-bond donors (Lipinski definition) is 2. The minimum atomic E-state index is -4.62. The molecule has 0 saturated carbocycles. The third-order valence-corrected chi connectivity index (χ3v) is 6.36. The summed E-state index contributed by atoms with van der Waals surface area (Å²) in [6, 6.07) is 12.9. The number of nitrogens with one attached hydrogen (secondary N) is 2. The smallest absolute Gasteiger partial charge is 0.416 e. The minimum Gasteiger partial charge on any atom is -0.482 e. The molecular weight excluding hydrogens is 493 g/mol. The van der Waals surface area contributed by atoms with Gasteiger partial charge in [-0.3, -0.25) is 9.52 Å². The molecule has 0 saturated heterocycles. The monoisotopic (exact) mass is 512 g/mol. The van der Waals surface area contributed by atoms with Gasteiger partial charge in [0.15, 0.2) is 6.61 Å². The van der Waals surface area contributed by atoms with Crippen molar-refractivity contribution in [1.29, 1.82) is 0 Å². The molecule has 2 N–H and O–H groups in total. The number of carbonyl (C=O) groups excluding carboxylic acids is 1. The van der Waals surface area contributed by atoms with E-state index in [0.29, 0.717) is 11.8 Å². The summed E-state index contributed by atoms with van der Waals surface area (Å²) in [5.41, 5.74) is 1.24. The maximum Gasteiger partial charge on any atom is 0.416 e. The molecule has 0 aliphatic carbocycles. The predicted molar refractivity (Wildman–Crippen MR) is 124 cm³/mol. The van der Waals surface area contributed by atoms with Crippen LogP contribution in [0.5, 0.6) is 5.75 Å². The van der Waals surface area contributed by atoms with Crippen molar-refractivity contribution in [2.75, 3.05) is 16.6 Å². The summed E-state index contributed by atoms with van der Waals surface area (Å²) in [5, 5.41) is 2.63. The highest BCUT2D eigenvalue weighted by atomic mass is 35.5. The van der Waals surface area contributed by atoms with E-state index in [1.165, 1.54) is 18.2 Å². The number of alkyl halides is 3. The molecule has 34 heavy (non-hydrogen) atoms. The van der Waals surface area contributed by atoms with Gasteiger partial charge in [0.05, 0.1) is 15.5 Å².